The summed E-state index contributed by atoms with van der Waals surface area (Å²) in [6.07, 6.45) is 1.37. The van der Waals surface area contributed by atoms with Gasteiger partial charge in [-0.15, -0.1) is 0 Å². The van der Waals surface area contributed by atoms with Crippen molar-refractivity contribution in [3.8, 4) is 0 Å². The fraction of sp³-hybridized carbons (Fsp3) is 0.417. The summed E-state index contributed by atoms with van der Waals surface area (Å²) in [4.78, 5) is 11.5. The predicted octanol–water partition coefficient (Wildman–Crippen LogP) is 3.05. The molecule has 0 unspecified atom stereocenters. The standard InChI is InChI=1S/C12H17NO/c1-6-12(14)11-7-9(4)13(8(2)3)10(11)5/h6-8H,1H2,2-5H3. The van der Waals surface area contributed by atoms with E-state index in [1.807, 2.05) is 19.9 Å². The molecule has 0 saturated carbocycles. The van der Waals surface area contributed by atoms with Crippen LogP contribution in [0.3, 0.4) is 0 Å². The second-order valence-electron chi connectivity index (χ2n) is 3.82. The first-order valence-electron chi connectivity index (χ1n) is 4.84. The molecule has 1 aromatic rings. The summed E-state index contributed by atoms with van der Waals surface area (Å²) >= 11 is 0. The van der Waals surface area contributed by atoms with E-state index in [4.69, 9.17) is 0 Å². The Labute approximate surface area is 85.2 Å². The van der Waals surface area contributed by atoms with Crippen molar-refractivity contribution in [1.82, 2.24) is 4.57 Å². The predicted molar refractivity (Wildman–Crippen MR) is 58.8 cm³/mol. The molecule has 0 radical (unpaired) electrons. The average molecular weight is 191 g/mol. The number of rotatable bonds is 3. The minimum absolute atomic E-state index is 0.00463. The van der Waals surface area contributed by atoms with E-state index in [0.29, 0.717) is 6.04 Å². The van der Waals surface area contributed by atoms with Gasteiger partial charge in [0.05, 0.1) is 0 Å². The third-order valence-electron chi connectivity index (χ3n) is 2.45. The lowest BCUT2D eigenvalue weighted by Gasteiger charge is -2.13. The van der Waals surface area contributed by atoms with E-state index in [0.717, 1.165) is 17.0 Å². The third-order valence-corrected chi connectivity index (χ3v) is 2.45. The molecule has 0 aliphatic carbocycles. The van der Waals surface area contributed by atoms with E-state index < -0.39 is 0 Å². The van der Waals surface area contributed by atoms with Crippen LogP contribution >= 0.6 is 0 Å². The lowest BCUT2D eigenvalue weighted by Crippen LogP contribution is -2.06. The van der Waals surface area contributed by atoms with Crippen molar-refractivity contribution in [3.05, 3.63) is 35.7 Å². The van der Waals surface area contributed by atoms with E-state index in [1.165, 1.54) is 6.08 Å². The Balaban J connectivity index is 3.30. The Morgan fingerprint density at radius 3 is 2.43 bits per heavy atom. The second-order valence-corrected chi connectivity index (χ2v) is 3.82. The molecule has 0 amide bonds. The highest BCUT2D eigenvalue weighted by molar-refractivity contribution is 6.05. The quantitative estimate of drug-likeness (QED) is 0.531. The van der Waals surface area contributed by atoms with E-state index in [2.05, 4.69) is 25.0 Å². The van der Waals surface area contributed by atoms with Crippen molar-refractivity contribution in [3.63, 3.8) is 0 Å². The van der Waals surface area contributed by atoms with Gasteiger partial charge < -0.3 is 4.57 Å². The number of ketones is 1. The summed E-state index contributed by atoms with van der Waals surface area (Å²) in [5.41, 5.74) is 2.93. The van der Waals surface area contributed by atoms with Gasteiger partial charge in [0, 0.05) is 23.0 Å². The molecule has 2 nitrogen and oxygen atoms in total. The molecule has 0 bridgehead atoms. The van der Waals surface area contributed by atoms with Crippen LogP contribution in [0.5, 0.6) is 0 Å². The summed E-state index contributed by atoms with van der Waals surface area (Å²) < 4.78 is 2.16. The molecule has 2 heteroatoms. The number of allylic oxidation sites excluding steroid dienone is 1. The maximum absolute atomic E-state index is 11.5. The van der Waals surface area contributed by atoms with Crippen molar-refractivity contribution in [1.29, 1.82) is 0 Å². The number of hydrogen-bond donors (Lipinski definition) is 0. The summed E-state index contributed by atoms with van der Waals surface area (Å²) in [6.45, 7) is 11.7. The molecule has 0 spiro atoms. The molecule has 0 aromatic carbocycles. The molecule has 0 saturated heterocycles. The Hall–Kier alpha value is -1.31. The van der Waals surface area contributed by atoms with Crippen LogP contribution in [0, 0.1) is 13.8 Å². The van der Waals surface area contributed by atoms with Crippen LogP contribution in [-0.4, -0.2) is 10.4 Å². The summed E-state index contributed by atoms with van der Waals surface area (Å²) in [5, 5.41) is 0. The lowest BCUT2D eigenvalue weighted by molar-refractivity contribution is 0.104. The monoisotopic (exact) mass is 191 g/mol. The van der Waals surface area contributed by atoms with Gasteiger partial charge >= 0.3 is 0 Å². The van der Waals surface area contributed by atoms with Gasteiger partial charge in [-0.1, -0.05) is 6.58 Å². The number of carbonyl (C=O) groups is 1. The summed E-state index contributed by atoms with van der Waals surface area (Å²) in [5.74, 6) is 0.00463. The first-order valence-corrected chi connectivity index (χ1v) is 4.84. The second kappa shape index (κ2) is 3.82. The first-order chi connectivity index (χ1) is 6.49. The highest BCUT2D eigenvalue weighted by atomic mass is 16.1. The zero-order valence-electron chi connectivity index (χ0n) is 9.29. The topological polar surface area (TPSA) is 22.0 Å². The smallest absolute Gasteiger partial charge is 0.187 e. The van der Waals surface area contributed by atoms with Crippen molar-refractivity contribution >= 4 is 5.78 Å². The average Bonchev–Trinajstić information content (AvgIpc) is 2.40. The molecule has 1 aromatic heterocycles. The SMILES string of the molecule is C=CC(=O)c1cc(C)n(C(C)C)c1C. The summed E-state index contributed by atoms with van der Waals surface area (Å²) in [7, 11) is 0. The minimum atomic E-state index is 0.00463. The van der Waals surface area contributed by atoms with Crippen molar-refractivity contribution in [2.45, 2.75) is 33.7 Å². The van der Waals surface area contributed by atoms with E-state index in [-0.39, 0.29) is 5.78 Å². The van der Waals surface area contributed by atoms with E-state index in [1.54, 1.807) is 0 Å². The van der Waals surface area contributed by atoms with Crippen LogP contribution in [0.25, 0.3) is 0 Å². The third kappa shape index (κ3) is 1.65. The molecular weight excluding hydrogens is 174 g/mol. The molecule has 1 heterocycles. The zero-order valence-corrected chi connectivity index (χ0v) is 9.29. The van der Waals surface area contributed by atoms with Crippen LogP contribution in [0.4, 0.5) is 0 Å². The molecule has 0 aliphatic rings. The molecule has 14 heavy (non-hydrogen) atoms. The van der Waals surface area contributed by atoms with Crippen LogP contribution in [0.2, 0.25) is 0 Å². The molecular formula is C12H17NO. The normalized spacial score (nSPS) is 10.6. The molecule has 0 fully saturated rings. The van der Waals surface area contributed by atoms with Crippen LogP contribution < -0.4 is 0 Å². The van der Waals surface area contributed by atoms with Gasteiger partial charge in [0.15, 0.2) is 5.78 Å². The molecule has 0 atom stereocenters. The highest BCUT2D eigenvalue weighted by Gasteiger charge is 2.14. The van der Waals surface area contributed by atoms with Gasteiger partial charge in [-0.2, -0.15) is 0 Å². The molecule has 1 rings (SSSR count). The minimum Gasteiger partial charge on any atom is -0.346 e. The number of carbonyl (C=O) groups excluding carboxylic acids is 1. The Morgan fingerprint density at radius 2 is 2.07 bits per heavy atom. The van der Waals surface area contributed by atoms with Crippen LogP contribution in [-0.2, 0) is 0 Å². The highest BCUT2D eigenvalue weighted by Crippen LogP contribution is 2.20. The molecule has 0 aliphatic heterocycles. The van der Waals surface area contributed by atoms with Gasteiger partial charge in [0.1, 0.15) is 0 Å². The van der Waals surface area contributed by atoms with E-state index in [9.17, 15) is 4.79 Å². The number of aryl methyl sites for hydroxylation is 1. The van der Waals surface area contributed by atoms with Crippen LogP contribution in [0.1, 0.15) is 41.6 Å². The fourth-order valence-corrected chi connectivity index (χ4v) is 1.93. The zero-order chi connectivity index (χ0) is 10.9. The number of aromatic nitrogens is 1. The van der Waals surface area contributed by atoms with Gasteiger partial charge in [0.2, 0.25) is 0 Å². The molecule has 0 N–H and O–H groups in total. The van der Waals surface area contributed by atoms with E-state index >= 15 is 0 Å². The van der Waals surface area contributed by atoms with Gasteiger partial charge in [-0.3, -0.25) is 4.79 Å². The van der Waals surface area contributed by atoms with Gasteiger partial charge in [0.25, 0.3) is 0 Å². The van der Waals surface area contributed by atoms with Crippen molar-refractivity contribution < 1.29 is 4.79 Å². The Bertz CT molecular complexity index is 372. The number of hydrogen-bond acceptors (Lipinski definition) is 1. The van der Waals surface area contributed by atoms with Crippen molar-refractivity contribution in [2.75, 3.05) is 0 Å². The number of nitrogens with zero attached hydrogens (tertiary/aromatic N) is 1. The lowest BCUT2D eigenvalue weighted by atomic mass is 10.1. The largest absolute Gasteiger partial charge is 0.346 e. The van der Waals surface area contributed by atoms with Gasteiger partial charge in [-0.25, -0.2) is 0 Å². The molecule has 76 valence electrons. The summed E-state index contributed by atoms with van der Waals surface area (Å²) in [6, 6.07) is 2.32. The van der Waals surface area contributed by atoms with Crippen LogP contribution in [0.15, 0.2) is 18.7 Å². The first kappa shape index (κ1) is 10.8. The maximum atomic E-state index is 11.5. The van der Waals surface area contributed by atoms with Gasteiger partial charge in [-0.05, 0) is 39.8 Å². The maximum Gasteiger partial charge on any atom is 0.187 e. The fourth-order valence-electron chi connectivity index (χ4n) is 1.93. The Kier molecular flexibility index (Phi) is 2.94. The van der Waals surface area contributed by atoms with Crippen molar-refractivity contribution in [2.24, 2.45) is 0 Å². The Morgan fingerprint density at radius 1 is 1.50 bits per heavy atom.